The van der Waals surface area contributed by atoms with Gasteiger partial charge in [-0.3, -0.25) is 4.68 Å². The number of alkyl halides is 2. The average molecular weight is 281 g/mol. The summed E-state index contributed by atoms with van der Waals surface area (Å²) in [7, 11) is 0. The van der Waals surface area contributed by atoms with Gasteiger partial charge in [0.25, 0.3) is 0 Å². The van der Waals surface area contributed by atoms with Crippen LogP contribution in [0.25, 0.3) is 0 Å². The second kappa shape index (κ2) is 6.47. The zero-order valence-corrected chi connectivity index (χ0v) is 11.2. The van der Waals surface area contributed by atoms with Gasteiger partial charge < -0.3 is 10.5 Å². The zero-order chi connectivity index (χ0) is 14.5. The number of rotatable bonds is 6. The third kappa shape index (κ3) is 3.54. The Morgan fingerprint density at radius 2 is 1.95 bits per heavy atom. The van der Waals surface area contributed by atoms with Gasteiger partial charge in [-0.1, -0.05) is 19.1 Å². The third-order valence-corrected chi connectivity index (χ3v) is 2.93. The Bertz CT molecular complexity index is 540. The van der Waals surface area contributed by atoms with Gasteiger partial charge in [-0.15, -0.1) is 0 Å². The lowest BCUT2D eigenvalue weighted by Gasteiger charge is -2.11. The minimum Gasteiger partial charge on any atom is -0.435 e. The van der Waals surface area contributed by atoms with E-state index < -0.39 is 6.61 Å². The Morgan fingerprint density at radius 1 is 1.25 bits per heavy atom. The lowest BCUT2D eigenvalue weighted by Crippen LogP contribution is -2.11. The molecule has 1 heterocycles. The Balaban J connectivity index is 2.09. The predicted octanol–water partition coefficient (Wildman–Crippen LogP) is 2.94. The number of hydrogen-bond acceptors (Lipinski definition) is 3. The van der Waals surface area contributed by atoms with Crippen LogP contribution in [0.15, 0.2) is 36.7 Å². The summed E-state index contributed by atoms with van der Waals surface area (Å²) in [5.41, 5.74) is 7.85. The molecule has 0 fully saturated rings. The fourth-order valence-corrected chi connectivity index (χ4v) is 1.94. The number of nitrogens with zero attached hydrogens (tertiary/aromatic N) is 2. The molecular formula is C14H17F2N3O. The molecule has 0 radical (unpaired) electrons. The SMILES string of the molecule is CCCn1cc(C(N)c2ccc(OC(F)F)cc2)cn1. The standard InChI is InChI=1S/C14H17F2N3O/c1-2-7-19-9-11(8-18-19)13(17)10-3-5-12(6-4-10)20-14(15)16/h3-6,8-9,13-14H,2,7,17H2,1H3. The first-order chi connectivity index (χ1) is 9.60. The van der Waals surface area contributed by atoms with Crippen molar-refractivity contribution < 1.29 is 13.5 Å². The van der Waals surface area contributed by atoms with E-state index in [0.29, 0.717) is 0 Å². The number of ether oxygens (including phenoxy) is 1. The van der Waals surface area contributed by atoms with Crippen LogP contribution < -0.4 is 10.5 Å². The maximum absolute atomic E-state index is 12.1. The van der Waals surface area contributed by atoms with Crippen molar-refractivity contribution in [3.05, 3.63) is 47.8 Å². The number of aryl methyl sites for hydroxylation is 1. The molecule has 0 bridgehead atoms. The quantitative estimate of drug-likeness (QED) is 0.885. The molecule has 0 aliphatic heterocycles. The fraction of sp³-hybridized carbons (Fsp3) is 0.357. The normalized spacial score (nSPS) is 12.7. The van der Waals surface area contributed by atoms with E-state index >= 15 is 0 Å². The number of aromatic nitrogens is 2. The minimum absolute atomic E-state index is 0.123. The largest absolute Gasteiger partial charge is 0.435 e. The van der Waals surface area contributed by atoms with Crippen molar-refractivity contribution in [2.24, 2.45) is 5.73 Å². The Labute approximate surface area is 116 Å². The molecule has 4 nitrogen and oxygen atoms in total. The highest BCUT2D eigenvalue weighted by molar-refractivity contribution is 5.33. The van der Waals surface area contributed by atoms with Gasteiger partial charge in [0.15, 0.2) is 0 Å². The van der Waals surface area contributed by atoms with E-state index in [2.05, 4.69) is 16.8 Å². The lowest BCUT2D eigenvalue weighted by atomic mass is 10.0. The number of halogens is 2. The summed E-state index contributed by atoms with van der Waals surface area (Å²) >= 11 is 0. The van der Waals surface area contributed by atoms with E-state index in [1.807, 2.05) is 10.9 Å². The Kier molecular flexibility index (Phi) is 4.68. The first-order valence-electron chi connectivity index (χ1n) is 6.43. The highest BCUT2D eigenvalue weighted by Gasteiger charge is 2.12. The summed E-state index contributed by atoms with van der Waals surface area (Å²) in [5.74, 6) is 0.123. The number of hydrogen-bond donors (Lipinski definition) is 1. The van der Waals surface area contributed by atoms with Crippen molar-refractivity contribution in [1.29, 1.82) is 0 Å². The van der Waals surface area contributed by atoms with E-state index in [1.54, 1.807) is 18.3 Å². The van der Waals surface area contributed by atoms with Gasteiger partial charge in [0.1, 0.15) is 5.75 Å². The molecule has 2 N–H and O–H groups in total. The van der Waals surface area contributed by atoms with Gasteiger partial charge >= 0.3 is 6.61 Å². The zero-order valence-electron chi connectivity index (χ0n) is 11.2. The molecule has 1 unspecified atom stereocenters. The Morgan fingerprint density at radius 3 is 2.55 bits per heavy atom. The van der Waals surface area contributed by atoms with E-state index in [1.165, 1.54) is 12.1 Å². The summed E-state index contributed by atoms with van der Waals surface area (Å²) < 4.78 is 30.3. The summed E-state index contributed by atoms with van der Waals surface area (Å²) in [6.45, 7) is 0.0958. The second-order valence-electron chi connectivity index (χ2n) is 4.46. The van der Waals surface area contributed by atoms with Crippen LogP contribution in [-0.2, 0) is 6.54 Å². The summed E-state index contributed by atoms with van der Waals surface area (Å²) in [5, 5.41) is 4.22. The highest BCUT2D eigenvalue weighted by Crippen LogP contribution is 2.22. The fourth-order valence-electron chi connectivity index (χ4n) is 1.94. The first-order valence-corrected chi connectivity index (χ1v) is 6.43. The van der Waals surface area contributed by atoms with Gasteiger partial charge in [-0.05, 0) is 24.1 Å². The summed E-state index contributed by atoms with van der Waals surface area (Å²) in [4.78, 5) is 0. The monoisotopic (exact) mass is 281 g/mol. The maximum Gasteiger partial charge on any atom is 0.387 e. The molecule has 1 atom stereocenters. The van der Waals surface area contributed by atoms with Crippen LogP contribution in [0, 0.1) is 0 Å². The van der Waals surface area contributed by atoms with Gasteiger partial charge in [-0.2, -0.15) is 13.9 Å². The van der Waals surface area contributed by atoms with Crippen molar-refractivity contribution in [2.75, 3.05) is 0 Å². The summed E-state index contributed by atoms with van der Waals surface area (Å²) in [6.07, 6.45) is 4.62. The van der Waals surface area contributed by atoms with E-state index in [9.17, 15) is 8.78 Å². The Hall–Kier alpha value is -1.95. The molecule has 0 aliphatic carbocycles. The molecular weight excluding hydrogens is 264 g/mol. The molecule has 0 amide bonds. The van der Waals surface area contributed by atoms with Crippen LogP contribution >= 0.6 is 0 Å². The van der Waals surface area contributed by atoms with Crippen LogP contribution in [0.5, 0.6) is 5.75 Å². The van der Waals surface area contributed by atoms with Crippen LogP contribution in [0.2, 0.25) is 0 Å². The van der Waals surface area contributed by atoms with Crippen molar-refractivity contribution in [3.63, 3.8) is 0 Å². The van der Waals surface area contributed by atoms with Crippen LogP contribution in [0.1, 0.15) is 30.5 Å². The second-order valence-corrected chi connectivity index (χ2v) is 4.46. The van der Waals surface area contributed by atoms with Crippen molar-refractivity contribution in [3.8, 4) is 5.75 Å². The van der Waals surface area contributed by atoms with Gasteiger partial charge in [0.2, 0.25) is 0 Å². The van der Waals surface area contributed by atoms with Crippen molar-refractivity contribution >= 4 is 0 Å². The topological polar surface area (TPSA) is 53.1 Å². The number of benzene rings is 1. The van der Waals surface area contributed by atoms with Crippen molar-refractivity contribution in [2.45, 2.75) is 32.5 Å². The predicted molar refractivity (Wildman–Crippen MR) is 71.6 cm³/mol. The number of nitrogens with two attached hydrogens (primary N) is 1. The molecule has 0 saturated heterocycles. The van der Waals surface area contributed by atoms with Crippen LogP contribution in [-0.4, -0.2) is 16.4 Å². The van der Waals surface area contributed by atoms with Crippen LogP contribution in [0.4, 0.5) is 8.78 Å². The molecule has 20 heavy (non-hydrogen) atoms. The molecule has 1 aromatic heterocycles. The molecule has 0 saturated carbocycles. The van der Waals surface area contributed by atoms with Crippen LogP contribution in [0.3, 0.4) is 0 Å². The maximum atomic E-state index is 12.1. The van der Waals surface area contributed by atoms with E-state index in [-0.39, 0.29) is 11.8 Å². The molecule has 1 aromatic carbocycles. The molecule has 2 aromatic rings. The van der Waals surface area contributed by atoms with E-state index in [0.717, 1.165) is 24.1 Å². The van der Waals surface area contributed by atoms with Gasteiger partial charge in [0, 0.05) is 18.3 Å². The summed E-state index contributed by atoms with van der Waals surface area (Å²) in [6, 6.07) is 6.00. The highest BCUT2D eigenvalue weighted by atomic mass is 19.3. The minimum atomic E-state index is -2.82. The van der Waals surface area contributed by atoms with Gasteiger partial charge in [0.05, 0.1) is 12.2 Å². The van der Waals surface area contributed by atoms with Gasteiger partial charge in [-0.25, -0.2) is 0 Å². The average Bonchev–Trinajstić information content (AvgIpc) is 2.87. The smallest absolute Gasteiger partial charge is 0.387 e. The van der Waals surface area contributed by atoms with E-state index in [4.69, 9.17) is 5.73 Å². The first kappa shape index (κ1) is 14.5. The molecule has 0 aliphatic rings. The lowest BCUT2D eigenvalue weighted by molar-refractivity contribution is -0.0498. The molecule has 6 heteroatoms. The molecule has 108 valence electrons. The molecule has 2 rings (SSSR count). The molecule has 0 spiro atoms. The van der Waals surface area contributed by atoms with Crippen molar-refractivity contribution in [1.82, 2.24) is 9.78 Å². The third-order valence-electron chi connectivity index (χ3n) is 2.93.